The molecule has 1 N–H and O–H groups in total. The molecule has 1 aromatic rings. The van der Waals surface area contributed by atoms with Crippen LogP contribution in [0.2, 0.25) is 0 Å². The number of hydrogen-bond acceptors (Lipinski definition) is 3. The Morgan fingerprint density at radius 3 is 2.60 bits per heavy atom. The number of carbonyl (C=O) groups is 1. The minimum Gasteiger partial charge on any atom is -0.496 e. The van der Waals surface area contributed by atoms with Gasteiger partial charge in [0.15, 0.2) is 0 Å². The molecule has 1 aromatic carbocycles. The fourth-order valence-corrected chi connectivity index (χ4v) is 1.58. The van der Waals surface area contributed by atoms with E-state index < -0.39 is 18.6 Å². The molecule has 0 spiro atoms. The summed E-state index contributed by atoms with van der Waals surface area (Å²) < 4.78 is 45.9. The number of rotatable bonds is 7. The van der Waals surface area contributed by atoms with Gasteiger partial charge in [-0.05, 0) is 24.6 Å². The summed E-state index contributed by atoms with van der Waals surface area (Å²) in [5, 5.41) is 8.87. The predicted molar refractivity (Wildman–Crippen MR) is 64.9 cm³/mol. The van der Waals surface area contributed by atoms with Crippen LogP contribution in [0.1, 0.15) is 28.8 Å². The van der Waals surface area contributed by atoms with Crippen LogP contribution in [-0.4, -0.2) is 31.0 Å². The quantitative estimate of drug-likeness (QED) is 0.784. The molecule has 0 bridgehead atoms. The topological polar surface area (TPSA) is 55.8 Å². The van der Waals surface area contributed by atoms with E-state index in [0.29, 0.717) is 11.3 Å². The van der Waals surface area contributed by atoms with Gasteiger partial charge < -0.3 is 14.6 Å². The van der Waals surface area contributed by atoms with E-state index in [-0.39, 0.29) is 25.2 Å². The highest BCUT2D eigenvalue weighted by Gasteiger charge is 2.25. The zero-order valence-electron chi connectivity index (χ0n) is 10.9. The van der Waals surface area contributed by atoms with Crippen LogP contribution in [0.3, 0.4) is 0 Å². The van der Waals surface area contributed by atoms with Gasteiger partial charge in [-0.1, -0.05) is 0 Å². The predicted octanol–water partition coefficient (Wildman–Crippen LogP) is 3.25. The van der Waals surface area contributed by atoms with Gasteiger partial charge in [0.1, 0.15) is 5.75 Å². The molecule has 1 rings (SSSR count). The third-order valence-corrected chi connectivity index (χ3v) is 2.53. The van der Waals surface area contributed by atoms with Crippen LogP contribution in [-0.2, 0) is 11.3 Å². The first kappa shape index (κ1) is 16.3. The Kier molecular flexibility index (Phi) is 5.82. The second-order valence-electron chi connectivity index (χ2n) is 4.10. The molecule has 0 saturated carbocycles. The van der Waals surface area contributed by atoms with E-state index in [1.807, 2.05) is 0 Å². The molecule has 0 unspecified atom stereocenters. The van der Waals surface area contributed by atoms with Crippen molar-refractivity contribution in [3.05, 3.63) is 29.3 Å². The minimum atomic E-state index is -4.19. The summed E-state index contributed by atoms with van der Waals surface area (Å²) in [5.74, 6) is -0.656. The van der Waals surface area contributed by atoms with Crippen LogP contribution < -0.4 is 4.74 Å². The lowest BCUT2D eigenvalue weighted by Gasteiger charge is -2.11. The highest BCUT2D eigenvalue weighted by Crippen LogP contribution is 2.23. The van der Waals surface area contributed by atoms with E-state index in [9.17, 15) is 18.0 Å². The van der Waals surface area contributed by atoms with Crippen molar-refractivity contribution in [3.8, 4) is 5.75 Å². The van der Waals surface area contributed by atoms with E-state index in [1.165, 1.54) is 25.3 Å². The molecule has 0 saturated heterocycles. The molecule has 7 heteroatoms. The normalized spacial score (nSPS) is 11.4. The molecule has 0 radical (unpaired) electrons. The lowest BCUT2D eigenvalue weighted by Crippen LogP contribution is -2.09. The number of halogens is 3. The third kappa shape index (κ3) is 5.48. The zero-order chi connectivity index (χ0) is 15.2. The lowest BCUT2D eigenvalue weighted by molar-refractivity contribution is -0.138. The molecular formula is C13H15F3O4. The SMILES string of the molecule is COc1ccc(C(=O)O)cc1COCCCC(F)(F)F. The summed E-state index contributed by atoms with van der Waals surface area (Å²) >= 11 is 0. The Bertz CT molecular complexity index is 457. The highest BCUT2D eigenvalue weighted by atomic mass is 19.4. The zero-order valence-corrected chi connectivity index (χ0v) is 10.9. The number of carboxylic acid groups (broad SMARTS) is 1. The van der Waals surface area contributed by atoms with Crippen LogP contribution in [0.4, 0.5) is 13.2 Å². The monoisotopic (exact) mass is 292 g/mol. The molecule has 0 aliphatic carbocycles. The number of methoxy groups -OCH3 is 1. The van der Waals surface area contributed by atoms with Crippen molar-refractivity contribution in [2.24, 2.45) is 0 Å². The maximum atomic E-state index is 11.9. The molecule has 0 amide bonds. The number of benzene rings is 1. The van der Waals surface area contributed by atoms with Crippen molar-refractivity contribution in [2.75, 3.05) is 13.7 Å². The Morgan fingerprint density at radius 2 is 2.05 bits per heavy atom. The van der Waals surface area contributed by atoms with E-state index in [1.54, 1.807) is 0 Å². The maximum absolute atomic E-state index is 11.9. The van der Waals surface area contributed by atoms with E-state index >= 15 is 0 Å². The first-order valence-electron chi connectivity index (χ1n) is 5.88. The van der Waals surface area contributed by atoms with Crippen LogP contribution >= 0.6 is 0 Å². The van der Waals surface area contributed by atoms with Gasteiger partial charge in [-0.2, -0.15) is 13.2 Å². The summed E-state index contributed by atoms with van der Waals surface area (Å²) in [7, 11) is 1.42. The smallest absolute Gasteiger partial charge is 0.389 e. The van der Waals surface area contributed by atoms with Crippen molar-refractivity contribution >= 4 is 5.97 Å². The molecule has 0 heterocycles. The molecular weight excluding hydrogens is 277 g/mol. The van der Waals surface area contributed by atoms with Gasteiger partial charge >= 0.3 is 12.1 Å². The molecule has 112 valence electrons. The van der Waals surface area contributed by atoms with Crippen molar-refractivity contribution < 1.29 is 32.5 Å². The standard InChI is InChI=1S/C13H15F3O4/c1-19-11-4-3-9(12(17)18)7-10(11)8-20-6-2-5-13(14,15)16/h3-4,7H,2,5-6,8H2,1H3,(H,17,18). The van der Waals surface area contributed by atoms with Gasteiger partial charge in [-0.25, -0.2) is 4.79 Å². The van der Waals surface area contributed by atoms with Crippen LogP contribution in [0.5, 0.6) is 5.75 Å². The largest absolute Gasteiger partial charge is 0.496 e. The van der Waals surface area contributed by atoms with Crippen molar-refractivity contribution in [2.45, 2.75) is 25.6 Å². The van der Waals surface area contributed by atoms with E-state index in [0.717, 1.165) is 0 Å². The number of carboxylic acids is 1. The molecule has 4 nitrogen and oxygen atoms in total. The summed E-state index contributed by atoms with van der Waals surface area (Å²) in [5.41, 5.74) is 0.555. The number of alkyl halides is 3. The average Bonchev–Trinajstić information content (AvgIpc) is 2.36. The number of ether oxygens (including phenoxy) is 2. The Labute approximate surface area is 114 Å². The molecule has 0 aromatic heterocycles. The van der Waals surface area contributed by atoms with Gasteiger partial charge in [0.25, 0.3) is 0 Å². The van der Waals surface area contributed by atoms with Crippen LogP contribution in [0.15, 0.2) is 18.2 Å². The lowest BCUT2D eigenvalue weighted by atomic mass is 10.1. The van der Waals surface area contributed by atoms with Crippen molar-refractivity contribution in [1.29, 1.82) is 0 Å². The van der Waals surface area contributed by atoms with E-state index in [2.05, 4.69) is 0 Å². The second-order valence-corrected chi connectivity index (χ2v) is 4.10. The number of hydrogen-bond donors (Lipinski definition) is 1. The Balaban J connectivity index is 2.53. The van der Waals surface area contributed by atoms with Crippen LogP contribution in [0.25, 0.3) is 0 Å². The van der Waals surface area contributed by atoms with E-state index in [4.69, 9.17) is 14.6 Å². The first-order valence-corrected chi connectivity index (χ1v) is 5.88. The van der Waals surface area contributed by atoms with Gasteiger partial charge in [0.2, 0.25) is 0 Å². The van der Waals surface area contributed by atoms with Gasteiger partial charge in [0, 0.05) is 18.6 Å². The Morgan fingerprint density at radius 1 is 1.35 bits per heavy atom. The molecule has 20 heavy (non-hydrogen) atoms. The summed E-state index contributed by atoms with van der Waals surface area (Å²) in [6.07, 6.45) is -5.23. The van der Waals surface area contributed by atoms with Gasteiger partial charge in [0.05, 0.1) is 19.3 Å². The molecule has 0 atom stereocenters. The molecule has 0 aliphatic heterocycles. The fraction of sp³-hybridized carbons (Fsp3) is 0.462. The van der Waals surface area contributed by atoms with Crippen molar-refractivity contribution in [1.82, 2.24) is 0 Å². The first-order chi connectivity index (χ1) is 9.33. The Hall–Kier alpha value is -1.76. The minimum absolute atomic E-state index is 0.00213. The highest BCUT2D eigenvalue weighted by molar-refractivity contribution is 5.88. The third-order valence-electron chi connectivity index (χ3n) is 2.53. The van der Waals surface area contributed by atoms with Gasteiger partial charge in [-0.15, -0.1) is 0 Å². The molecule has 0 fully saturated rings. The summed E-state index contributed by atoms with van der Waals surface area (Å²) in [6.45, 7) is -0.0535. The fourth-order valence-electron chi connectivity index (χ4n) is 1.58. The second kappa shape index (κ2) is 7.14. The summed E-state index contributed by atoms with van der Waals surface area (Å²) in [4.78, 5) is 10.8. The molecule has 0 aliphatic rings. The van der Waals surface area contributed by atoms with Crippen LogP contribution in [0, 0.1) is 0 Å². The maximum Gasteiger partial charge on any atom is 0.389 e. The van der Waals surface area contributed by atoms with Gasteiger partial charge in [-0.3, -0.25) is 0 Å². The average molecular weight is 292 g/mol. The number of aromatic carboxylic acids is 1. The summed E-state index contributed by atoms with van der Waals surface area (Å²) in [6, 6.07) is 4.25. The van der Waals surface area contributed by atoms with Crippen molar-refractivity contribution in [3.63, 3.8) is 0 Å².